The van der Waals surface area contributed by atoms with Crippen molar-refractivity contribution in [3.05, 3.63) is 65.7 Å². The summed E-state index contributed by atoms with van der Waals surface area (Å²) in [5, 5.41) is 4.25. The smallest absolute Gasteiger partial charge is 0.416 e. The highest BCUT2D eigenvalue weighted by atomic mass is 19.4. The fraction of sp³-hybridized carbons (Fsp3) is 0.423. The number of nitrogens with zero attached hydrogens (tertiary/aromatic N) is 6. The third-order valence-electron chi connectivity index (χ3n) is 6.53. The Kier molecular flexibility index (Phi) is 6.36. The van der Waals surface area contributed by atoms with Crippen molar-refractivity contribution in [2.75, 3.05) is 6.54 Å². The number of carbonyl (C=O) groups excluding carboxylic acids is 2. The molecule has 38 heavy (non-hydrogen) atoms. The Morgan fingerprint density at radius 2 is 1.97 bits per heavy atom. The van der Waals surface area contributed by atoms with E-state index in [4.69, 9.17) is 4.74 Å². The van der Waals surface area contributed by atoms with Crippen LogP contribution in [0.5, 0.6) is 0 Å². The van der Waals surface area contributed by atoms with Crippen molar-refractivity contribution < 1.29 is 27.5 Å². The molecular weight excluding hydrogens is 501 g/mol. The van der Waals surface area contributed by atoms with Gasteiger partial charge < -0.3 is 14.5 Å². The second kappa shape index (κ2) is 9.41. The van der Waals surface area contributed by atoms with Gasteiger partial charge in [0.15, 0.2) is 5.82 Å². The molecule has 4 heterocycles. The number of likely N-dealkylation sites (tertiary alicyclic amines) is 1. The molecule has 2 aliphatic rings. The summed E-state index contributed by atoms with van der Waals surface area (Å²) in [5.41, 5.74) is -0.578. The number of fused-ring (bicyclic) bond motifs is 1. The van der Waals surface area contributed by atoms with Crippen LogP contribution in [0.25, 0.3) is 11.4 Å². The van der Waals surface area contributed by atoms with E-state index in [1.165, 1.54) is 18.3 Å². The van der Waals surface area contributed by atoms with Crippen LogP contribution in [0, 0.1) is 0 Å². The van der Waals surface area contributed by atoms with Crippen LogP contribution in [0.15, 0.2) is 48.9 Å². The fourth-order valence-corrected chi connectivity index (χ4v) is 4.83. The Bertz CT molecular complexity index is 1350. The topological polar surface area (TPSA) is 93.5 Å². The molecule has 2 amide bonds. The molecule has 0 aliphatic carbocycles. The first kappa shape index (κ1) is 25.7. The molecule has 0 N–H and O–H groups in total. The van der Waals surface area contributed by atoms with E-state index < -0.39 is 23.4 Å². The van der Waals surface area contributed by atoms with Gasteiger partial charge in [0.25, 0.3) is 5.91 Å². The molecule has 0 saturated carbocycles. The van der Waals surface area contributed by atoms with Gasteiger partial charge in [-0.2, -0.15) is 18.3 Å². The maximum absolute atomic E-state index is 13.4. The molecule has 9 nitrogen and oxygen atoms in total. The van der Waals surface area contributed by atoms with Crippen molar-refractivity contribution in [3.8, 4) is 11.4 Å². The zero-order valence-electron chi connectivity index (χ0n) is 21.1. The lowest BCUT2D eigenvalue weighted by Gasteiger charge is -2.28. The van der Waals surface area contributed by atoms with Crippen LogP contribution < -0.4 is 0 Å². The van der Waals surface area contributed by atoms with Crippen LogP contribution in [0.3, 0.4) is 0 Å². The predicted molar refractivity (Wildman–Crippen MR) is 130 cm³/mol. The van der Waals surface area contributed by atoms with Crippen LogP contribution in [0.2, 0.25) is 0 Å². The highest BCUT2D eigenvalue weighted by Gasteiger charge is 2.44. The number of hydrogen-bond acceptors (Lipinski definition) is 6. The van der Waals surface area contributed by atoms with E-state index in [9.17, 15) is 22.8 Å². The van der Waals surface area contributed by atoms with Gasteiger partial charge in [0, 0.05) is 36.3 Å². The molecule has 1 aromatic carbocycles. The Morgan fingerprint density at radius 3 is 2.66 bits per heavy atom. The van der Waals surface area contributed by atoms with E-state index in [1.54, 1.807) is 47.5 Å². The molecule has 2 atom stereocenters. The molecular formula is C26H27F3N6O3. The average Bonchev–Trinajstić information content (AvgIpc) is 3.57. The summed E-state index contributed by atoms with van der Waals surface area (Å²) in [4.78, 5) is 38.3. The minimum absolute atomic E-state index is 0.0448. The SMILES string of the molecule is CC(C)(C)OC(=O)N1C[C@H](N2Cc3cnc(-c4cccc(C(F)(F)F)c4)nc3C2=O)C[C@H]1Cn1cccn1. The first-order valence-corrected chi connectivity index (χ1v) is 12.2. The van der Waals surface area contributed by atoms with Crippen LogP contribution in [0.1, 0.15) is 48.8 Å². The third kappa shape index (κ3) is 5.20. The molecule has 5 rings (SSSR count). The molecule has 2 aromatic heterocycles. The number of ether oxygens (including phenoxy) is 1. The van der Waals surface area contributed by atoms with Gasteiger partial charge in [0.2, 0.25) is 0 Å². The number of rotatable bonds is 4. The van der Waals surface area contributed by atoms with Gasteiger partial charge >= 0.3 is 12.3 Å². The Labute approximate surface area is 217 Å². The summed E-state index contributed by atoms with van der Waals surface area (Å²) in [7, 11) is 0. The van der Waals surface area contributed by atoms with E-state index in [2.05, 4.69) is 15.1 Å². The lowest BCUT2D eigenvalue weighted by atomic mass is 10.1. The quantitative estimate of drug-likeness (QED) is 0.499. The van der Waals surface area contributed by atoms with Crippen LogP contribution >= 0.6 is 0 Å². The Morgan fingerprint density at radius 1 is 1.18 bits per heavy atom. The van der Waals surface area contributed by atoms with Crippen molar-refractivity contribution in [2.24, 2.45) is 0 Å². The van der Waals surface area contributed by atoms with Crippen LogP contribution in [-0.4, -0.2) is 65.8 Å². The van der Waals surface area contributed by atoms with Crippen molar-refractivity contribution in [3.63, 3.8) is 0 Å². The maximum Gasteiger partial charge on any atom is 0.416 e. The van der Waals surface area contributed by atoms with Gasteiger partial charge in [-0.3, -0.25) is 9.48 Å². The predicted octanol–water partition coefficient (Wildman–Crippen LogP) is 4.39. The summed E-state index contributed by atoms with van der Waals surface area (Å²) in [5.74, 6) is -0.298. The van der Waals surface area contributed by atoms with Crippen molar-refractivity contribution >= 4 is 12.0 Å². The van der Waals surface area contributed by atoms with E-state index in [0.717, 1.165) is 12.1 Å². The molecule has 3 aromatic rings. The van der Waals surface area contributed by atoms with Gasteiger partial charge in [-0.1, -0.05) is 12.1 Å². The van der Waals surface area contributed by atoms with Gasteiger partial charge in [0.1, 0.15) is 11.3 Å². The molecule has 0 radical (unpaired) electrons. The molecule has 2 aliphatic heterocycles. The molecule has 0 bridgehead atoms. The summed E-state index contributed by atoms with van der Waals surface area (Å²) in [6.07, 6.45) is 0.486. The minimum atomic E-state index is -4.51. The standard InChI is InChI=1S/C26H27F3N6O3/c1-25(2,3)38-24(37)35-15-20(11-19(35)14-33-9-5-8-31-33)34-13-17-12-30-22(32-21(17)23(34)36)16-6-4-7-18(10-16)26(27,28)29/h4-10,12,19-20H,11,13-15H2,1-3H3/t19-,20+/m0/s1. The Hall–Kier alpha value is -3.96. The first-order chi connectivity index (χ1) is 17.9. The number of alkyl halides is 3. The molecule has 0 spiro atoms. The first-order valence-electron chi connectivity index (χ1n) is 12.2. The van der Waals surface area contributed by atoms with Crippen LogP contribution in [0.4, 0.5) is 18.0 Å². The van der Waals surface area contributed by atoms with Gasteiger partial charge in [-0.15, -0.1) is 0 Å². The Balaban J connectivity index is 1.37. The lowest BCUT2D eigenvalue weighted by Crippen LogP contribution is -2.43. The van der Waals surface area contributed by atoms with Gasteiger partial charge in [-0.25, -0.2) is 14.8 Å². The van der Waals surface area contributed by atoms with Crippen molar-refractivity contribution in [1.29, 1.82) is 0 Å². The summed E-state index contributed by atoms with van der Waals surface area (Å²) < 4.78 is 46.9. The number of hydrogen-bond donors (Lipinski definition) is 0. The number of benzene rings is 1. The number of aromatic nitrogens is 4. The normalized spacial score (nSPS) is 19.7. The van der Waals surface area contributed by atoms with E-state index in [0.29, 0.717) is 18.5 Å². The summed E-state index contributed by atoms with van der Waals surface area (Å²) >= 11 is 0. The fourth-order valence-electron chi connectivity index (χ4n) is 4.83. The van der Waals surface area contributed by atoms with Crippen molar-refractivity contribution in [2.45, 2.75) is 64.1 Å². The molecule has 0 unspecified atom stereocenters. The summed E-state index contributed by atoms with van der Waals surface area (Å²) in [6.45, 7) is 6.34. The van der Waals surface area contributed by atoms with E-state index in [-0.39, 0.29) is 48.2 Å². The zero-order valence-corrected chi connectivity index (χ0v) is 21.1. The molecule has 1 fully saturated rings. The second-order valence-electron chi connectivity index (χ2n) is 10.5. The van der Waals surface area contributed by atoms with E-state index >= 15 is 0 Å². The highest BCUT2D eigenvalue weighted by molar-refractivity contribution is 5.97. The van der Waals surface area contributed by atoms with Gasteiger partial charge in [0.05, 0.1) is 30.7 Å². The minimum Gasteiger partial charge on any atom is -0.444 e. The third-order valence-corrected chi connectivity index (χ3v) is 6.53. The van der Waals surface area contributed by atoms with E-state index in [1.807, 2.05) is 6.20 Å². The van der Waals surface area contributed by atoms with Gasteiger partial charge in [-0.05, 0) is 45.4 Å². The number of carbonyl (C=O) groups is 2. The molecule has 12 heteroatoms. The molecule has 200 valence electrons. The number of halogens is 3. The zero-order chi connectivity index (χ0) is 27.2. The second-order valence-corrected chi connectivity index (χ2v) is 10.5. The van der Waals surface area contributed by atoms with Crippen LogP contribution in [-0.2, 0) is 24.0 Å². The largest absolute Gasteiger partial charge is 0.444 e. The highest BCUT2D eigenvalue weighted by Crippen LogP contribution is 2.34. The summed E-state index contributed by atoms with van der Waals surface area (Å²) in [6, 6.07) is 5.94. The lowest BCUT2D eigenvalue weighted by molar-refractivity contribution is -0.137. The average molecular weight is 529 g/mol. The maximum atomic E-state index is 13.4. The molecule has 1 saturated heterocycles. The van der Waals surface area contributed by atoms with Crippen molar-refractivity contribution in [1.82, 2.24) is 29.5 Å². The monoisotopic (exact) mass is 528 g/mol. The number of amides is 2.